The molecule has 0 atom stereocenters. The van der Waals surface area contributed by atoms with Gasteiger partial charge in [-0.25, -0.2) is 0 Å². The molecule has 0 radical (unpaired) electrons. The molecule has 1 heterocycles. The highest BCUT2D eigenvalue weighted by molar-refractivity contribution is 5.69. The summed E-state index contributed by atoms with van der Waals surface area (Å²) in [5.41, 5.74) is 0. The van der Waals surface area contributed by atoms with Crippen LogP contribution in [-0.4, -0.2) is 59.6 Å². The van der Waals surface area contributed by atoms with Crippen LogP contribution in [0.4, 0.5) is 0 Å². The Morgan fingerprint density at radius 2 is 1.76 bits per heavy atom. The van der Waals surface area contributed by atoms with E-state index in [1.807, 2.05) is 0 Å². The number of carboxylic acids is 1. The molecule has 4 heteroatoms. The Hall–Kier alpha value is -0.610. The molecule has 0 amide bonds. The summed E-state index contributed by atoms with van der Waals surface area (Å²) in [6.45, 7) is 8.87. The maximum absolute atomic E-state index is 10.6. The summed E-state index contributed by atoms with van der Waals surface area (Å²) in [5.74, 6) is -0.706. The number of rotatable bonds is 7. The molecule has 1 aliphatic heterocycles. The Morgan fingerprint density at radius 1 is 1.24 bits per heavy atom. The van der Waals surface area contributed by atoms with Gasteiger partial charge in [-0.05, 0) is 38.8 Å². The molecule has 0 unspecified atom stereocenters. The maximum atomic E-state index is 10.6. The number of aliphatic carboxylic acids is 1. The summed E-state index contributed by atoms with van der Waals surface area (Å²) in [6.07, 6.45) is 4.64. The average Bonchev–Trinajstić information content (AvgIpc) is 2.29. The fourth-order valence-corrected chi connectivity index (χ4v) is 2.69. The number of carboxylic acid groups (broad SMARTS) is 1. The summed E-state index contributed by atoms with van der Waals surface area (Å²) in [5, 5.41) is 8.76. The fourth-order valence-electron chi connectivity index (χ4n) is 2.69. The minimum Gasteiger partial charge on any atom is -0.480 e. The molecule has 1 rings (SSSR count). The number of carbonyl (C=O) groups is 1. The smallest absolute Gasteiger partial charge is 0.317 e. The zero-order valence-corrected chi connectivity index (χ0v) is 11.2. The highest BCUT2D eigenvalue weighted by atomic mass is 16.4. The zero-order valence-electron chi connectivity index (χ0n) is 11.2. The van der Waals surface area contributed by atoms with E-state index in [0.717, 1.165) is 25.9 Å². The molecule has 17 heavy (non-hydrogen) atoms. The van der Waals surface area contributed by atoms with E-state index in [4.69, 9.17) is 5.11 Å². The van der Waals surface area contributed by atoms with Crippen molar-refractivity contribution in [2.75, 3.05) is 32.7 Å². The first-order valence-electron chi connectivity index (χ1n) is 6.85. The summed E-state index contributed by atoms with van der Waals surface area (Å²) in [4.78, 5) is 15.3. The van der Waals surface area contributed by atoms with Gasteiger partial charge in [-0.2, -0.15) is 0 Å². The molecule has 4 nitrogen and oxygen atoms in total. The van der Waals surface area contributed by atoms with Crippen LogP contribution in [0.3, 0.4) is 0 Å². The van der Waals surface area contributed by atoms with Crippen molar-refractivity contribution < 1.29 is 9.90 Å². The van der Waals surface area contributed by atoms with Crippen LogP contribution in [0, 0.1) is 0 Å². The van der Waals surface area contributed by atoms with E-state index < -0.39 is 5.97 Å². The van der Waals surface area contributed by atoms with E-state index in [1.165, 1.54) is 25.9 Å². The third kappa shape index (κ3) is 5.04. The van der Waals surface area contributed by atoms with Crippen molar-refractivity contribution in [3.8, 4) is 0 Å². The molecule has 1 N–H and O–H groups in total. The molecular formula is C13H26N2O2. The van der Waals surface area contributed by atoms with Crippen molar-refractivity contribution in [1.29, 1.82) is 0 Å². The second-order valence-electron chi connectivity index (χ2n) is 4.94. The fraction of sp³-hybridized carbons (Fsp3) is 0.923. The highest BCUT2D eigenvalue weighted by Crippen LogP contribution is 2.17. The molecule has 0 bridgehead atoms. The van der Waals surface area contributed by atoms with Gasteiger partial charge in [0.2, 0.25) is 0 Å². The van der Waals surface area contributed by atoms with Gasteiger partial charge in [0.15, 0.2) is 0 Å². The van der Waals surface area contributed by atoms with Gasteiger partial charge >= 0.3 is 5.97 Å². The average molecular weight is 242 g/mol. The summed E-state index contributed by atoms with van der Waals surface area (Å²) >= 11 is 0. The topological polar surface area (TPSA) is 43.8 Å². The van der Waals surface area contributed by atoms with Gasteiger partial charge in [-0.3, -0.25) is 9.69 Å². The van der Waals surface area contributed by atoms with Crippen LogP contribution < -0.4 is 0 Å². The van der Waals surface area contributed by atoms with Crippen LogP contribution in [-0.2, 0) is 4.79 Å². The molecule has 0 aromatic rings. The van der Waals surface area contributed by atoms with E-state index in [2.05, 4.69) is 23.6 Å². The lowest BCUT2D eigenvalue weighted by Gasteiger charge is -2.38. The van der Waals surface area contributed by atoms with Gasteiger partial charge in [-0.1, -0.05) is 13.8 Å². The number of nitrogens with zero attached hydrogens (tertiary/aromatic N) is 2. The number of piperidine rings is 1. The van der Waals surface area contributed by atoms with Crippen molar-refractivity contribution in [3.05, 3.63) is 0 Å². The van der Waals surface area contributed by atoms with Crippen LogP contribution in [0.2, 0.25) is 0 Å². The Labute approximate surface area is 105 Å². The third-order valence-corrected chi connectivity index (χ3v) is 3.45. The van der Waals surface area contributed by atoms with E-state index in [9.17, 15) is 4.79 Å². The highest BCUT2D eigenvalue weighted by Gasteiger charge is 2.24. The predicted octanol–water partition coefficient (Wildman–Crippen LogP) is 1.66. The monoisotopic (exact) mass is 242 g/mol. The maximum Gasteiger partial charge on any atom is 0.317 e. The molecule has 0 aromatic heterocycles. The first kappa shape index (κ1) is 14.5. The van der Waals surface area contributed by atoms with Crippen molar-refractivity contribution in [2.45, 2.75) is 45.6 Å². The van der Waals surface area contributed by atoms with Gasteiger partial charge < -0.3 is 10.0 Å². The quantitative estimate of drug-likeness (QED) is 0.737. The molecular weight excluding hydrogens is 216 g/mol. The minimum absolute atomic E-state index is 0.203. The van der Waals surface area contributed by atoms with Crippen LogP contribution in [0.5, 0.6) is 0 Å². The van der Waals surface area contributed by atoms with Gasteiger partial charge in [0.05, 0.1) is 6.54 Å². The molecule has 1 fully saturated rings. The van der Waals surface area contributed by atoms with Crippen molar-refractivity contribution in [1.82, 2.24) is 9.80 Å². The van der Waals surface area contributed by atoms with Crippen LogP contribution in [0.15, 0.2) is 0 Å². The van der Waals surface area contributed by atoms with Crippen LogP contribution in [0.25, 0.3) is 0 Å². The zero-order chi connectivity index (χ0) is 12.7. The minimum atomic E-state index is -0.706. The Morgan fingerprint density at radius 3 is 2.18 bits per heavy atom. The van der Waals surface area contributed by atoms with Gasteiger partial charge in [0.1, 0.15) is 0 Å². The van der Waals surface area contributed by atoms with Gasteiger partial charge in [-0.15, -0.1) is 0 Å². The van der Waals surface area contributed by atoms with Crippen molar-refractivity contribution in [3.63, 3.8) is 0 Å². The lowest BCUT2D eigenvalue weighted by atomic mass is 10.0. The van der Waals surface area contributed by atoms with E-state index in [1.54, 1.807) is 0 Å². The molecule has 0 saturated carbocycles. The van der Waals surface area contributed by atoms with Gasteiger partial charge in [0.25, 0.3) is 0 Å². The molecule has 0 aromatic carbocycles. The second kappa shape index (κ2) is 7.67. The largest absolute Gasteiger partial charge is 0.480 e. The lowest BCUT2D eigenvalue weighted by molar-refractivity contribution is -0.138. The number of hydrogen-bond donors (Lipinski definition) is 1. The first-order chi connectivity index (χ1) is 8.17. The van der Waals surface area contributed by atoms with Crippen molar-refractivity contribution >= 4 is 5.97 Å². The SMILES string of the molecule is CCCN(CCC)C1CCN(CC(=O)O)CC1. The Bertz CT molecular complexity index is 219. The lowest BCUT2D eigenvalue weighted by Crippen LogP contribution is -2.46. The summed E-state index contributed by atoms with van der Waals surface area (Å²) in [7, 11) is 0. The van der Waals surface area contributed by atoms with Crippen LogP contribution in [0.1, 0.15) is 39.5 Å². The van der Waals surface area contributed by atoms with Crippen LogP contribution >= 0.6 is 0 Å². The number of likely N-dealkylation sites (tertiary alicyclic amines) is 1. The first-order valence-corrected chi connectivity index (χ1v) is 6.85. The Kier molecular flexibility index (Phi) is 6.52. The summed E-state index contributed by atoms with van der Waals surface area (Å²) < 4.78 is 0. The molecule has 1 aliphatic rings. The van der Waals surface area contributed by atoms with Gasteiger partial charge in [0, 0.05) is 19.1 Å². The summed E-state index contributed by atoms with van der Waals surface area (Å²) in [6, 6.07) is 0.667. The number of hydrogen-bond acceptors (Lipinski definition) is 3. The molecule has 1 saturated heterocycles. The van der Waals surface area contributed by atoms with E-state index >= 15 is 0 Å². The molecule has 0 aliphatic carbocycles. The Balaban J connectivity index is 2.35. The third-order valence-electron chi connectivity index (χ3n) is 3.45. The van der Waals surface area contributed by atoms with Crippen molar-refractivity contribution in [2.24, 2.45) is 0 Å². The second-order valence-corrected chi connectivity index (χ2v) is 4.94. The normalized spacial score (nSPS) is 18.8. The molecule has 0 spiro atoms. The molecule has 100 valence electrons. The van der Waals surface area contributed by atoms with E-state index in [-0.39, 0.29) is 6.54 Å². The standard InChI is InChI=1S/C13H26N2O2/c1-3-7-15(8-4-2)12-5-9-14(10-6-12)11-13(16)17/h12H,3-11H2,1-2H3,(H,16,17). The predicted molar refractivity (Wildman–Crippen MR) is 69.3 cm³/mol. The van der Waals surface area contributed by atoms with E-state index in [0.29, 0.717) is 6.04 Å².